The summed E-state index contributed by atoms with van der Waals surface area (Å²) < 4.78 is 5.35. The monoisotopic (exact) mass is 408 g/mol. The number of rotatable bonds is 7. The van der Waals surface area contributed by atoms with Crippen LogP contribution in [0.4, 0.5) is 5.69 Å². The highest BCUT2D eigenvalue weighted by Gasteiger charge is 2.04. The maximum Gasteiger partial charge on any atom is 0.414 e. The quantitative estimate of drug-likeness (QED) is 0.519. The number of carboxylic acid groups (broad SMARTS) is 2. The summed E-state index contributed by atoms with van der Waals surface area (Å²) in [6.07, 6.45) is 0. The van der Waals surface area contributed by atoms with E-state index in [2.05, 4.69) is 10.6 Å². The van der Waals surface area contributed by atoms with E-state index in [1.54, 1.807) is 0 Å². The Labute approximate surface area is 167 Å². The predicted octanol–water partition coefficient (Wildman–Crippen LogP) is 2.62. The number of benzene rings is 2. The molecule has 1 amide bonds. The Bertz CT molecular complexity index is 783. The minimum absolute atomic E-state index is 0.0915. The second kappa shape index (κ2) is 12.3. The molecule has 0 atom stereocenters. The van der Waals surface area contributed by atoms with Gasteiger partial charge in [-0.05, 0) is 48.9 Å². The molecule has 2 aromatic rings. The molecular weight excluding hydrogens is 388 g/mol. The minimum Gasteiger partial charge on any atom is -0.494 e. The van der Waals surface area contributed by atoms with Gasteiger partial charge in [0, 0.05) is 17.3 Å². The van der Waals surface area contributed by atoms with Gasteiger partial charge in [0.15, 0.2) is 0 Å². The number of aliphatic carboxylic acids is 2. The first kappa shape index (κ1) is 22.9. The average molecular weight is 409 g/mol. The Morgan fingerprint density at radius 3 is 2.21 bits per heavy atom. The second-order valence-electron chi connectivity index (χ2n) is 5.35. The summed E-state index contributed by atoms with van der Waals surface area (Å²) >= 11 is 5.91. The number of nitrogens with one attached hydrogen (secondary N) is 2. The van der Waals surface area contributed by atoms with Crippen LogP contribution >= 0.6 is 11.6 Å². The molecule has 0 saturated carbocycles. The van der Waals surface area contributed by atoms with Crippen LogP contribution in [0.3, 0.4) is 0 Å². The Morgan fingerprint density at radius 1 is 1.04 bits per heavy atom. The van der Waals surface area contributed by atoms with Crippen LogP contribution < -0.4 is 15.4 Å². The summed E-state index contributed by atoms with van der Waals surface area (Å²) in [5, 5.41) is 21.4. The van der Waals surface area contributed by atoms with Gasteiger partial charge in [-0.1, -0.05) is 23.7 Å². The van der Waals surface area contributed by atoms with Gasteiger partial charge in [-0.25, -0.2) is 9.59 Å². The van der Waals surface area contributed by atoms with Gasteiger partial charge in [0.25, 0.3) is 0 Å². The van der Waals surface area contributed by atoms with Crippen LogP contribution in [-0.2, 0) is 20.9 Å². The van der Waals surface area contributed by atoms with Crippen molar-refractivity contribution in [1.82, 2.24) is 5.32 Å². The summed E-state index contributed by atoms with van der Waals surface area (Å²) in [4.78, 5) is 30.0. The Balaban J connectivity index is 0.000000568. The Morgan fingerprint density at radius 2 is 1.68 bits per heavy atom. The number of hydrogen-bond donors (Lipinski definition) is 4. The molecule has 0 unspecified atom stereocenters. The zero-order valence-corrected chi connectivity index (χ0v) is 15.9. The molecule has 0 aromatic heterocycles. The van der Waals surface area contributed by atoms with Crippen molar-refractivity contribution in [3.8, 4) is 5.75 Å². The van der Waals surface area contributed by atoms with Gasteiger partial charge in [-0.3, -0.25) is 4.79 Å². The normalized spacial score (nSPS) is 9.64. The number of amides is 1. The lowest BCUT2D eigenvalue weighted by Crippen LogP contribution is -2.27. The standard InChI is InChI=1S/C17H19ClN2O2.C2H2O4/c1-2-22-16-8-6-15(7-9-16)20-17(21)12-19-11-13-4-3-5-14(18)10-13;3-1(4)2(5)6/h3-10,19H,2,11-12H2,1H3,(H,20,21);(H,3,4)(H,5,6). The van der Waals surface area contributed by atoms with E-state index in [9.17, 15) is 4.79 Å². The molecule has 9 heteroatoms. The summed E-state index contributed by atoms with van der Waals surface area (Å²) in [5.41, 5.74) is 1.79. The van der Waals surface area contributed by atoms with Crippen molar-refractivity contribution < 1.29 is 29.3 Å². The summed E-state index contributed by atoms with van der Waals surface area (Å²) in [7, 11) is 0. The average Bonchev–Trinajstić information content (AvgIpc) is 2.64. The Hall–Kier alpha value is -3.10. The molecule has 0 radical (unpaired) electrons. The SMILES string of the molecule is CCOc1ccc(NC(=O)CNCc2cccc(Cl)c2)cc1.O=C(O)C(=O)O. The van der Waals surface area contributed by atoms with Crippen LogP contribution in [0.25, 0.3) is 0 Å². The zero-order valence-electron chi connectivity index (χ0n) is 15.1. The summed E-state index contributed by atoms with van der Waals surface area (Å²) in [6.45, 7) is 3.39. The lowest BCUT2D eigenvalue weighted by atomic mass is 10.2. The molecule has 0 heterocycles. The molecule has 2 aromatic carbocycles. The molecule has 0 bridgehead atoms. The van der Waals surface area contributed by atoms with Gasteiger partial charge >= 0.3 is 11.9 Å². The van der Waals surface area contributed by atoms with Gasteiger partial charge in [-0.15, -0.1) is 0 Å². The highest BCUT2D eigenvalue weighted by atomic mass is 35.5. The lowest BCUT2D eigenvalue weighted by molar-refractivity contribution is -0.159. The molecule has 0 saturated heterocycles. The molecule has 0 fully saturated rings. The second-order valence-corrected chi connectivity index (χ2v) is 5.79. The molecule has 2 rings (SSSR count). The molecule has 0 aliphatic carbocycles. The van der Waals surface area contributed by atoms with Crippen LogP contribution in [0.5, 0.6) is 5.75 Å². The third-order valence-electron chi connectivity index (χ3n) is 3.14. The molecule has 150 valence electrons. The number of halogens is 1. The number of ether oxygens (including phenoxy) is 1. The Kier molecular flexibility index (Phi) is 10.1. The number of hydrogen-bond acceptors (Lipinski definition) is 5. The fourth-order valence-corrected chi connectivity index (χ4v) is 2.19. The molecule has 28 heavy (non-hydrogen) atoms. The van der Waals surface area contributed by atoms with Crippen LogP contribution in [0, 0.1) is 0 Å². The van der Waals surface area contributed by atoms with Gasteiger partial charge in [-0.2, -0.15) is 0 Å². The first-order valence-electron chi connectivity index (χ1n) is 8.26. The van der Waals surface area contributed by atoms with E-state index >= 15 is 0 Å². The van der Waals surface area contributed by atoms with E-state index in [-0.39, 0.29) is 12.5 Å². The van der Waals surface area contributed by atoms with Crippen molar-refractivity contribution in [3.63, 3.8) is 0 Å². The molecule has 0 spiro atoms. The first-order chi connectivity index (χ1) is 13.3. The summed E-state index contributed by atoms with van der Waals surface area (Å²) in [5.74, 6) is -2.95. The van der Waals surface area contributed by atoms with Crippen molar-refractivity contribution in [2.75, 3.05) is 18.5 Å². The molecular formula is C19H21ClN2O6. The predicted molar refractivity (Wildman–Crippen MR) is 105 cm³/mol. The van der Waals surface area contributed by atoms with Gasteiger partial charge < -0.3 is 25.6 Å². The van der Waals surface area contributed by atoms with Crippen LogP contribution in [-0.4, -0.2) is 41.2 Å². The third-order valence-corrected chi connectivity index (χ3v) is 3.37. The highest BCUT2D eigenvalue weighted by molar-refractivity contribution is 6.30. The smallest absolute Gasteiger partial charge is 0.414 e. The molecule has 8 nitrogen and oxygen atoms in total. The first-order valence-corrected chi connectivity index (χ1v) is 8.63. The van der Waals surface area contributed by atoms with Crippen molar-refractivity contribution in [1.29, 1.82) is 0 Å². The summed E-state index contributed by atoms with van der Waals surface area (Å²) in [6, 6.07) is 14.8. The topological polar surface area (TPSA) is 125 Å². The number of carbonyl (C=O) groups is 3. The zero-order chi connectivity index (χ0) is 20.9. The lowest BCUT2D eigenvalue weighted by Gasteiger charge is -2.08. The largest absolute Gasteiger partial charge is 0.494 e. The van der Waals surface area contributed by atoms with E-state index in [0.717, 1.165) is 17.0 Å². The van der Waals surface area contributed by atoms with Gasteiger partial charge in [0.1, 0.15) is 5.75 Å². The fourth-order valence-electron chi connectivity index (χ4n) is 1.97. The maximum atomic E-state index is 11.8. The van der Waals surface area contributed by atoms with Crippen LogP contribution in [0.2, 0.25) is 5.02 Å². The van der Waals surface area contributed by atoms with E-state index in [0.29, 0.717) is 18.2 Å². The van der Waals surface area contributed by atoms with Gasteiger partial charge in [0.2, 0.25) is 5.91 Å². The highest BCUT2D eigenvalue weighted by Crippen LogP contribution is 2.15. The van der Waals surface area contributed by atoms with E-state index in [1.165, 1.54) is 0 Å². The van der Waals surface area contributed by atoms with Crippen molar-refractivity contribution in [2.45, 2.75) is 13.5 Å². The van der Waals surface area contributed by atoms with Crippen LogP contribution in [0.1, 0.15) is 12.5 Å². The van der Waals surface area contributed by atoms with Gasteiger partial charge in [0.05, 0.1) is 13.2 Å². The van der Waals surface area contributed by atoms with Crippen molar-refractivity contribution >= 4 is 35.1 Å². The van der Waals surface area contributed by atoms with E-state index in [1.807, 2.05) is 55.5 Å². The fraction of sp³-hybridized carbons (Fsp3) is 0.211. The molecule has 0 aliphatic rings. The molecule has 4 N–H and O–H groups in total. The number of carbonyl (C=O) groups excluding carboxylic acids is 1. The number of carboxylic acids is 2. The number of anilines is 1. The molecule has 0 aliphatic heterocycles. The van der Waals surface area contributed by atoms with E-state index < -0.39 is 11.9 Å². The van der Waals surface area contributed by atoms with Crippen molar-refractivity contribution in [3.05, 3.63) is 59.1 Å². The van der Waals surface area contributed by atoms with Crippen molar-refractivity contribution in [2.24, 2.45) is 0 Å². The van der Waals surface area contributed by atoms with Crippen LogP contribution in [0.15, 0.2) is 48.5 Å². The van der Waals surface area contributed by atoms with E-state index in [4.69, 9.17) is 36.1 Å². The maximum absolute atomic E-state index is 11.8. The third kappa shape index (κ3) is 9.56. The minimum atomic E-state index is -1.82.